The minimum atomic E-state index is -0.344. The van der Waals surface area contributed by atoms with E-state index in [4.69, 9.17) is 9.47 Å². The molecule has 1 atom stereocenters. The van der Waals surface area contributed by atoms with E-state index in [2.05, 4.69) is 72.9 Å². The first-order valence-electron chi connectivity index (χ1n) is 17.5. The summed E-state index contributed by atoms with van der Waals surface area (Å²) in [6.45, 7) is 4.59. The topological polar surface area (TPSA) is 52.6 Å². The average molecular weight is 701 g/mol. The third kappa shape index (κ3) is 31.8. The van der Waals surface area contributed by atoms with Gasteiger partial charge in [0.15, 0.2) is 0 Å². The minimum absolute atomic E-state index is 0.171. The maximum Gasteiger partial charge on any atom is 0.306 e. The summed E-state index contributed by atoms with van der Waals surface area (Å²) in [4.78, 5) is 24.3. The molecule has 5 heteroatoms. The van der Waals surface area contributed by atoms with Crippen LogP contribution in [0.5, 0.6) is 0 Å². The highest BCUT2D eigenvalue weighted by Crippen LogP contribution is 2.14. The Balaban J connectivity index is 3.60. The van der Waals surface area contributed by atoms with Crippen LogP contribution in [0.25, 0.3) is 0 Å². The SMILES string of the molecule is CC/C=C\C/C=C\C/C=C\CCCCCCCC(=O)O[C@H](CI)COC(=O)CCCCCCCCCCCCCCC. The number of alkyl halides is 1. The van der Waals surface area contributed by atoms with Crippen LogP contribution >= 0.6 is 22.6 Å². The van der Waals surface area contributed by atoms with Crippen LogP contribution in [0, 0.1) is 0 Å². The van der Waals surface area contributed by atoms with Gasteiger partial charge in [0, 0.05) is 17.3 Å². The van der Waals surface area contributed by atoms with E-state index in [9.17, 15) is 9.59 Å². The Hall–Kier alpha value is -1.11. The van der Waals surface area contributed by atoms with Gasteiger partial charge < -0.3 is 9.47 Å². The van der Waals surface area contributed by atoms with Crippen LogP contribution in [-0.4, -0.2) is 29.1 Å². The van der Waals surface area contributed by atoms with Crippen LogP contribution < -0.4 is 0 Å². The first kappa shape index (κ1) is 40.9. The highest BCUT2D eigenvalue weighted by Gasteiger charge is 2.15. The second-order valence-corrected chi connectivity index (χ2v) is 12.4. The zero-order valence-corrected chi connectivity index (χ0v) is 29.6. The quantitative estimate of drug-likeness (QED) is 0.0237. The molecule has 0 amide bonds. The molecule has 0 aromatic carbocycles. The Labute approximate surface area is 274 Å². The van der Waals surface area contributed by atoms with E-state index in [1.54, 1.807) is 0 Å². The fourth-order valence-electron chi connectivity index (χ4n) is 4.79. The number of rotatable bonds is 31. The molecule has 0 aromatic rings. The Morgan fingerprint density at radius 1 is 0.571 bits per heavy atom. The van der Waals surface area contributed by atoms with Crippen LogP contribution in [0.15, 0.2) is 36.5 Å². The van der Waals surface area contributed by atoms with Crippen LogP contribution in [0.1, 0.15) is 168 Å². The number of esters is 2. The summed E-state index contributed by atoms with van der Waals surface area (Å²) in [5, 5.41) is 0. The molecule has 0 aliphatic carbocycles. The fourth-order valence-corrected chi connectivity index (χ4v) is 5.22. The normalized spacial score (nSPS) is 12.5. The van der Waals surface area contributed by atoms with Crippen LogP contribution in [0.3, 0.4) is 0 Å². The molecule has 0 rings (SSSR count). The number of allylic oxidation sites excluding steroid dienone is 6. The second kappa shape index (κ2) is 34.4. The molecule has 0 N–H and O–H groups in total. The summed E-state index contributed by atoms with van der Waals surface area (Å²) < 4.78 is 11.6. The van der Waals surface area contributed by atoms with Crippen molar-refractivity contribution in [1.82, 2.24) is 0 Å². The van der Waals surface area contributed by atoms with Crippen molar-refractivity contribution in [2.24, 2.45) is 0 Å². The Bertz CT molecular complexity index is 685. The van der Waals surface area contributed by atoms with Gasteiger partial charge in [0.25, 0.3) is 0 Å². The molecule has 0 unspecified atom stereocenters. The predicted octanol–water partition coefficient (Wildman–Crippen LogP) is 11.9. The van der Waals surface area contributed by atoms with Gasteiger partial charge in [0.05, 0.1) is 0 Å². The van der Waals surface area contributed by atoms with Gasteiger partial charge in [-0.2, -0.15) is 0 Å². The van der Waals surface area contributed by atoms with E-state index in [0.29, 0.717) is 17.3 Å². The second-order valence-electron chi connectivity index (χ2n) is 11.5. The third-order valence-electron chi connectivity index (χ3n) is 7.42. The van der Waals surface area contributed by atoms with Gasteiger partial charge in [0.1, 0.15) is 12.7 Å². The van der Waals surface area contributed by atoms with Crippen molar-refractivity contribution in [2.75, 3.05) is 11.0 Å². The van der Waals surface area contributed by atoms with Gasteiger partial charge in [-0.3, -0.25) is 9.59 Å². The van der Waals surface area contributed by atoms with Crippen molar-refractivity contribution in [3.63, 3.8) is 0 Å². The summed E-state index contributed by atoms with van der Waals surface area (Å²) in [5.41, 5.74) is 0. The first-order chi connectivity index (χ1) is 20.6. The minimum Gasteiger partial charge on any atom is -0.462 e. The molecule has 0 heterocycles. The molecule has 0 saturated heterocycles. The molecule has 0 spiro atoms. The molecule has 0 aliphatic rings. The number of carbonyl (C=O) groups is 2. The van der Waals surface area contributed by atoms with Gasteiger partial charge in [-0.25, -0.2) is 0 Å². The van der Waals surface area contributed by atoms with E-state index >= 15 is 0 Å². The molecular weight excluding hydrogens is 635 g/mol. The first-order valence-corrected chi connectivity index (χ1v) is 19.0. The van der Waals surface area contributed by atoms with Crippen molar-refractivity contribution in [3.8, 4) is 0 Å². The van der Waals surface area contributed by atoms with Crippen LogP contribution in [0.4, 0.5) is 0 Å². The highest BCUT2D eigenvalue weighted by molar-refractivity contribution is 14.1. The summed E-state index contributed by atoms with van der Waals surface area (Å²) in [7, 11) is 0. The van der Waals surface area contributed by atoms with Crippen molar-refractivity contribution < 1.29 is 19.1 Å². The maximum atomic E-state index is 12.2. The Kier molecular flexibility index (Phi) is 33.5. The van der Waals surface area contributed by atoms with Crippen LogP contribution in [-0.2, 0) is 19.1 Å². The third-order valence-corrected chi connectivity index (χ3v) is 8.40. The zero-order valence-electron chi connectivity index (χ0n) is 27.4. The number of carbonyl (C=O) groups excluding carboxylic acids is 2. The monoisotopic (exact) mass is 700 g/mol. The van der Waals surface area contributed by atoms with Gasteiger partial charge in [0.2, 0.25) is 0 Å². The molecule has 42 heavy (non-hydrogen) atoms. The lowest BCUT2D eigenvalue weighted by Gasteiger charge is -2.15. The number of ether oxygens (including phenoxy) is 2. The lowest BCUT2D eigenvalue weighted by molar-refractivity contribution is -0.157. The van der Waals surface area contributed by atoms with Gasteiger partial charge in [-0.05, 0) is 44.9 Å². The summed E-state index contributed by atoms with van der Waals surface area (Å²) in [6, 6.07) is 0. The smallest absolute Gasteiger partial charge is 0.306 e. The van der Waals surface area contributed by atoms with Crippen molar-refractivity contribution >= 4 is 34.5 Å². The van der Waals surface area contributed by atoms with E-state index < -0.39 is 0 Å². The predicted molar refractivity (Wildman–Crippen MR) is 189 cm³/mol. The summed E-state index contributed by atoms with van der Waals surface area (Å²) in [6.07, 6.45) is 40.4. The Morgan fingerprint density at radius 3 is 1.55 bits per heavy atom. The van der Waals surface area contributed by atoms with E-state index in [1.807, 2.05) is 0 Å². The number of halogens is 1. The maximum absolute atomic E-state index is 12.2. The number of hydrogen-bond acceptors (Lipinski definition) is 4. The molecule has 244 valence electrons. The molecule has 0 radical (unpaired) electrons. The molecule has 0 bridgehead atoms. The van der Waals surface area contributed by atoms with Crippen molar-refractivity contribution in [2.45, 2.75) is 174 Å². The summed E-state index contributed by atoms with van der Waals surface area (Å²) in [5.74, 6) is -0.347. The standard InChI is InChI=1S/C37H65IO4/c1-3-5-7-9-11-13-15-17-18-20-22-24-26-28-30-32-37(40)42-35(33-38)34-41-36(39)31-29-27-25-23-21-19-16-14-12-10-8-6-4-2/h5,7,11,13,17-18,35H,3-4,6,8-10,12,14-16,19-34H2,1-2H3/b7-5-,13-11-,18-17-/t35-/m1/s1. The molecule has 0 aromatic heterocycles. The Morgan fingerprint density at radius 2 is 1.02 bits per heavy atom. The molecule has 0 fully saturated rings. The van der Waals surface area contributed by atoms with Crippen molar-refractivity contribution in [3.05, 3.63) is 36.5 Å². The van der Waals surface area contributed by atoms with E-state index in [0.717, 1.165) is 57.8 Å². The fraction of sp³-hybridized carbons (Fsp3) is 0.784. The van der Waals surface area contributed by atoms with E-state index in [1.165, 1.54) is 83.5 Å². The zero-order chi connectivity index (χ0) is 30.8. The van der Waals surface area contributed by atoms with Gasteiger partial charge in [-0.15, -0.1) is 0 Å². The largest absolute Gasteiger partial charge is 0.462 e. The van der Waals surface area contributed by atoms with Gasteiger partial charge in [-0.1, -0.05) is 169 Å². The van der Waals surface area contributed by atoms with Gasteiger partial charge >= 0.3 is 11.9 Å². The molecule has 4 nitrogen and oxygen atoms in total. The van der Waals surface area contributed by atoms with Crippen molar-refractivity contribution in [1.29, 1.82) is 0 Å². The molecule has 0 saturated carbocycles. The molecular formula is C37H65IO4. The summed E-state index contributed by atoms with van der Waals surface area (Å²) >= 11 is 2.19. The lowest BCUT2D eigenvalue weighted by atomic mass is 10.0. The van der Waals surface area contributed by atoms with E-state index in [-0.39, 0.29) is 24.6 Å². The average Bonchev–Trinajstić information content (AvgIpc) is 2.99. The van der Waals surface area contributed by atoms with Crippen LogP contribution in [0.2, 0.25) is 0 Å². The number of hydrogen-bond donors (Lipinski definition) is 0. The number of unbranched alkanes of at least 4 members (excludes halogenated alkanes) is 17. The lowest BCUT2D eigenvalue weighted by Crippen LogP contribution is -2.26. The highest BCUT2D eigenvalue weighted by atomic mass is 127. The molecule has 0 aliphatic heterocycles.